The molecule has 16 heavy (non-hydrogen) atoms. The lowest BCUT2D eigenvalue weighted by atomic mass is 9.89. The molecule has 1 aliphatic carbocycles. The second-order valence-corrected chi connectivity index (χ2v) is 4.01. The predicted molar refractivity (Wildman–Crippen MR) is 50.4 cm³/mol. The van der Waals surface area contributed by atoms with E-state index in [1.807, 2.05) is 0 Å². The van der Waals surface area contributed by atoms with Crippen molar-refractivity contribution >= 4 is 5.78 Å². The zero-order valence-electron chi connectivity index (χ0n) is 8.34. The minimum Gasteiger partial charge on any atom is -0.458 e. The summed E-state index contributed by atoms with van der Waals surface area (Å²) in [6, 6.07) is 0. The van der Waals surface area contributed by atoms with Crippen LogP contribution in [0.15, 0.2) is 23.3 Å². The molecule has 0 N–H and O–H groups in total. The van der Waals surface area contributed by atoms with Gasteiger partial charge in [-0.3, -0.25) is 14.9 Å². The highest BCUT2D eigenvalue weighted by molar-refractivity contribution is 5.98. The first kappa shape index (κ1) is 9.38. The minimum absolute atomic E-state index is 0.0261. The van der Waals surface area contributed by atoms with E-state index in [2.05, 4.69) is 0 Å². The van der Waals surface area contributed by atoms with Gasteiger partial charge in [-0.15, -0.1) is 0 Å². The number of nitro groups is 1. The van der Waals surface area contributed by atoms with Crippen LogP contribution in [0.2, 0.25) is 0 Å². The number of rotatable bonds is 1. The maximum atomic E-state index is 11.7. The van der Waals surface area contributed by atoms with Gasteiger partial charge in [-0.25, -0.2) is 0 Å². The molecule has 0 fully saturated rings. The quantitative estimate of drug-likeness (QED) is 0.491. The number of nitrogens with zero attached hydrogens (tertiary/aromatic N) is 1. The molecule has 6 heteroatoms. The number of ether oxygens (including phenoxy) is 2. The molecule has 0 aromatic heterocycles. The number of ketones is 1. The fraction of sp³-hybridized carbons (Fsp3) is 0.500. The van der Waals surface area contributed by atoms with Gasteiger partial charge in [0.05, 0.1) is 5.92 Å². The summed E-state index contributed by atoms with van der Waals surface area (Å²) in [7, 11) is 0. The number of hydrogen-bond acceptors (Lipinski definition) is 5. The molecule has 0 saturated carbocycles. The molecule has 0 unspecified atom stereocenters. The van der Waals surface area contributed by atoms with Gasteiger partial charge in [0.2, 0.25) is 0 Å². The molecule has 0 aromatic carbocycles. The Morgan fingerprint density at radius 1 is 1.38 bits per heavy atom. The van der Waals surface area contributed by atoms with Crippen LogP contribution in [0.1, 0.15) is 19.3 Å². The first-order chi connectivity index (χ1) is 7.66. The van der Waals surface area contributed by atoms with E-state index >= 15 is 0 Å². The van der Waals surface area contributed by atoms with Gasteiger partial charge in [0, 0.05) is 24.5 Å². The van der Waals surface area contributed by atoms with Crippen LogP contribution in [-0.4, -0.2) is 17.0 Å². The topological polar surface area (TPSA) is 78.7 Å². The second-order valence-electron chi connectivity index (χ2n) is 4.01. The molecule has 0 bridgehead atoms. The standard InChI is InChI=1S/C10H9NO5/c12-6-2-1-3-7-9(6)5-4-8(11(13)14)16-10(5)15-7/h4-5,10H,1-3H2/t5-,10-/m0/s1. The summed E-state index contributed by atoms with van der Waals surface area (Å²) >= 11 is 0. The summed E-state index contributed by atoms with van der Waals surface area (Å²) in [5.74, 6) is -0.0220. The lowest BCUT2D eigenvalue weighted by Gasteiger charge is -2.12. The maximum Gasteiger partial charge on any atom is 0.427 e. The molecule has 2 atom stereocenters. The lowest BCUT2D eigenvalue weighted by molar-refractivity contribution is -0.468. The van der Waals surface area contributed by atoms with Gasteiger partial charge >= 0.3 is 5.88 Å². The van der Waals surface area contributed by atoms with Crippen LogP contribution in [0.3, 0.4) is 0 Å². The number of allylic oxidation sites excluding steroid dienone is 1. The van der Waals surface area contributed by atoms with Crippen LogP contribution < -0.4 is 0 Å². The Bertz CT molecular complexity index is 450. The van der Waals surface area contributed by atoms with Crippen LogP contribution in [0.25, 0.3) is 0 Å². The molecule has 2 heterocycles. The predicted octanol–water partition coefficient (Wildman–Crippen LogP) is 1.11. The van der Waals surface area contributed by atoms with Gasteiger partial charge in [0.25, 0.3) is 6.29 Å². The van der Waals surface area contributed by atoms with Crippen molar-refractivity contribution in [2.75, 3.05) is 0 Å². The van der Waals surface area contributed by atoms with E-state index in [0.717, 1.165) is 12.8 Å². The van der Waals surface area contributed by atoms with E-state index in [9.17, 15) is 14.9 Å². The van der Waals surface area contributed by atoms with Crippen molar-refractivity contribution in [3.8, 4) is 0 Å². The van der Waals surface area contributed by atoms with E-state index < -0.39 is 11.2 Å². The summed E-state index contributed by atoms with van der Waals surface area (Å²) in [6.45, 7) is 0. The van der Waals surface area contributed by atoms with Crippen LogP contribution in [0, 0.1) is 16.0 Å². The Labute approximate surface area is 90.7 Å². The summed E-state index contributed by atoms with van der Waals surface area (Å²) in [6.07, 6.45) is 2.66. The van der Waals surface area contributed by atoms with Gasteiger partial charge in [-0.05, 0) is 6.42 Å². The van der Waals surface area contributed by atoms with Crippen LogP contribution in [0.4, 0.5) is 0 Å². The molecule has 0 spiro atoms. The number of Topliss-reactive ketones (excluding diaryl/α,β-unsaturated/α-hetero) is 1. The maximum absolute atomic E-state index is 11.7. The third-order valence-electron chi connectivity index (χ3n) is 3.03. The van der Waals surface area contributed by atoms with Crippen molar-refractivity contribution in [3.63, 3.8) is 0 Å². The van der Waals surface area contributed by atoms with Gasteiger partial charge in [0.1, 0.15) is 10.7 Å². The van der Waals surface area contributed by atoms with Crippen LogP contribution >= 0.6 is 0 Å². The van der Waals surface area contributed by atoms with E-state index in [1.165, 1.54) is 6.08 Å². The number of carbonyl (C=O) groups is 1. The van der Waals surface area contributed by atoms with E-state index in [1.54, 1.807) is 0 Å². The molecule has 0 saturated heterocycles. The number of hydrogen-bond donors (Lipinski definition) is 0. The summed E-state index contributed by atoms with van der Waals surface area (Å²) in [5.41, 5.74) is 0.577. The van der Waals surface area contributed by atoms with Gasteiger partial charge in [0.15, 0.2) is 5.78 Å². The van der Waals surface area contributed by atoms with E-state index in [4.69, 9.17) is 9.47 Å². The molecule has 6 nitrogen and oxygen atoms in total. The van der Waals surface area contributed by atoms with Gasteiger partial charge < -0.3 is 9.47 Å². The van der Waals surface area contributed by atoms with Crippen molar-refractivity contribution in [1.82, 2.24) is 0 Å². The minimum atomic E-state index is -0.701. The highest BCUT2D eigenvalue weighted by atomic mass is 16.7. The largest absolute Gasteiger partial charge is 0.458 e. The summed E-state index contributed by atoms with van der Waals surface area (Å²) in [4.78, 5) is 21.6. The molecule has 0 aromatic rings. The fourth-order valence-corrected chi connectivity index (χ4v) is 2.35. The summed E-state index contributed by atoms with van der Waals surface area (Å²) < 4.78 is 10.5. The first-order valence-corrected chi connectivity index (χ1v) is 5.12. The molecule has 3 rings (SSSR count). The fourth-order valence-electron chi connectivity index (χ4n) is 2.35. The zero-order valence-corrected chi connectivity index (χ0v) is 8.34. The zero-order chi connectivity index (χ0) is 11.3. The average molecular weight is 223 g/mol. The highest BCUT2D eigenvalue weighted by Gasteiger charge is 2.48. The van der Waals surface area contributed by atoms with Crippen molar-refractivity contribution < 1.29 is 19.2 Å². The molecule has 0 amide bonds. The van der Waals surface area contributed by atoms with E-state index in [0.29, 0.717) is 17.8 Å². The van der Waals surface area contributed by atoms with E-state index in [-0.39, 0.29) is 17.6 Å². The van der Waals surface area contributed by atoms with Crippen LogP contribution in [-0.2, 0) is 14.3 Å². The molecular formula is C10H9NO5. The number of fused-ring (bicyclic) bond motifs is 2. The van der Waals surface area contributed by atoms with Crippen molar-refractivity contribution in [3.05, 3.63) is 33.4 Å². The average Bonchev–Trinajstić information content (AvgIpc) is 2.73. The van der Waals surface area contributed by atoms with Crippen molar-refractivity contribution in [2.24, 2.45) is 5.92 Å². The second kappa shape index (κ2) is 3.07. The van der Waals surface area contributed by atoms with Crippen LogP contribution in [0.5, 0.6) is 0 Å². The normalized spacial score (nSPS) is 31.5. The molecule has 0 radical (unpaired) electrons. The van der Waals surface area contributed by atoms with Gasteiger partial charge in [-0.1, -0.05) is 0 Å². The summed E-state index contributed by atoms with van der Waals surface area (Å²) in [5, 5.41) is 10.5. The molecule has 84 valence electrons. The molecular weight excluding hydrogens is 214 g/mol. The Kier molecular flexibility index (Phi) is 1.80. The Morgan fingerprint density at radius 3 is 2.94 bits per heavy atom. The Morgan fingerprint density at radius 2 is 2.19 bits per heavy atom. The first-order valence-electron chi connectivity index (χ1n) is 5.12. The highest BCUT2D eigenvalue weighted by Crippen LogP contribution is 2.43. The monoisotopic (exact) mass is 223 g/mol. The van der Waals surface area contributed by atoms with Crippen molar-refractivity contribution in [1.29, 1.82) is 0 Å². The van der Waals surface area contributed by atoms with Gasteiger partial charge in [-0.2, -0.15) is 0 Å². The number of carbonyl (C=O) groups excluding carboxylic acids is 1. The Balaban J connectivity index is 1.96. The third-order valence-corrected chi connectivity index (χ3v) is 3.03. The smallest absolute Gasteiger partial charge is 0.427 e. The third kappa shape index (κ3) is 1.16. The molecule has 3 aliphatic rings. The Hall–Kier alpha value is -1.85. The molecule has 2 aliphatic heterocycles. The SMILES string of the molecule is O=C1CCCC2=C1[C@@H]1C=C([N+](=O)[O-])O[C@@H]1O2. The lowest BCUT2D eigenvalue weighted by Crippen LogP contribution is -2.17. The van der Waals surface area contributed by atoms with Crippen molar-refractivity contribution in [2.45, 2.75) is 25.6 Å².